The Balaban J connectivity index is 0.000000684. The topological polar surface area (TPSA) is 3.24 Å². The van der Waals surface area contributed by atoms with Gasteiger partial charge in [-0.25, -0.2) is 0 Å². The van der Waals surface area contributed by atoms with Crippen LogP contribution in [0.2, 0.25) is 0 Å². The lowest BCUT2D eigenvalue weighted by Crippen LogP contribution is -2.10. The van der Waals surface area contributed by atoms with E-state index in [4.69, 9.17) is 0 Å². The molecule has 0 radical (unpaired) electrons. The number of rotatable bonds is 9. The molecule has 292 valence electrons. The van der Waals surface area contributed by atoms with Crippen LogP contribution in [0.1, 0.15) is 64.8 Å². The van der Waals surface area contributed by atoms with Crippen molar-refractivity contribution in [3.8, 4) is 22.3 Å². The third-order valence-electron chi connectivity index (χ3n) is 11.2. The zero-order valence-corrected chi connectivity index (χ0v) is 35.7. The zero-order valence-electron chi connectivity index (χ0n) is 35.7. The molecule has 8 aromatic carbocycles. The van der Waals surface area contributed by atoms with Gasteiger partial charge in [0.05, 0.1) is 0 Å². The highest BCUT2D eigenvalue weighted by molar-refractivity contribution is 6.15. The molecule has 59 heavy (non-hydrogen) atoms. The monoisotopic (exact) mass is 765 g/mol. The Morgan fingerprint density at radius 3 is 1.78 bits per heavy atom. The van der Waals surface area contributed by atoms with E-state index in [-0.39, 0.29) is 0 Å². The van der Waals surface area contributed by atoms with Crippen molar-refractivity contribution in [1.82, 2.24) is 0 Å². The van der Waals surface area contributed by atoms with E-state index in [9.17, 15) is 0 Å². The molecular formula is C58H55N. The van der Waals surface area contributed by atoms with E-state index >= 15 is 0 Å². The summed E-state index contributed by atoms with van der Waals surface area (Å²) in [5.74, 6) is 0. The summed E-state index contributed by atoms with van der Waals surface area (Å²) < 4.78 is 0. The molecule has 0 amide bonds. The van der Waals surface area contributed by atoms with Crippen LogP contribution < -0.4 is 4.90 Å². The first-order chi connectivity index (χ1) is 28.7. The third-order valence-corrected chi connectivity index (χ3v) is 11.2. The quantitative estimate of drug-likeness (QED) is 0.132. The van der Waals surface area contributed by atoms with E-state index in [1.54, 1.807) is 0 Å². The maximum Gasteiger partial charge on any atom is 0.0468 e. The van der Waals surface area contributed by atoms with Gasteiger partial charge in [0.1, 0.15) is 0 Å². The van der Waals surface area contributed by atoms with Crippen LogP contribution in [0, 0.1) is 34.6 Å². The van der Waals surface area contributed by atoms with Crippen LogP contribution in [0.25, 0.3) is 62.0 Å². The van der Waals surface area contributed by atoms with Crippen molar-refractivity contribution in [3.63, 3.8) is 0 Å². The lowest BCUT2D eigenvalue weighted by Gasteiger charge is -2.27. The van der Waals surface area contributed by atoms with Gasteiger partial charge >= 0.3 is 0 Å². The summed E-state index contributed by atoms with van der Waals surface area (Å²) in [7, 11) is 0. The predicted octanol–water partition coefficient (Wildman–Crippen LogP) is 17.1. The summed E-state index contributed by atoms with van der Waals surface area (Å²) in [6.07, 6.45) is 11.9. The van der Waals surface area contributed by atoms with Gasteiger partial charge in [0, 0.05) is 17.1 Å². The highest BCUT2D eigenvalue weighted by atomic mass is 15.1. The highest BCUT2D eigenvalue weighted by Gasteiger charge is 2.18. The van der Waals surface area contributed by atoms with Crippen molar-refractivity contribution in [3.05, 3.63) is 215 Å². The van der Waals surface area contributed by atoms with Crippen LogP contribution in [-0.2, 0) is 0 Å². The summed E-state index contributed by atoms with van der Waals surface area (Å²) in [6.45, 7) is 19.4. The number of fused-ring (bicyclic) bond motifs is 3. The Hall–Kier alpha value is -6.70. The Morgan fingerprint density at radius 1 is 0.475 bits per heavy atom. The van der Waals surface area contributed by atoms with Crippen LogP contribution in [-0.4, -0.2) is 0 Å². The Kier molecular flexibility index (Phi) is 12.5. The van der Waals surface area contributed by atoms with Crippen LogP contribution in [0.3, 0.4) is 0 Å². The Labute approximate surface area is 352 Å². The second-order valence-electron chi connectivity index (χ2n) is 15.5. The molecule has 1 heteroatoms. The van der Waals surface area contributed by atoms with Crippen LogP contribution >= 0.6 is 0 Å². The van der Waals surface area contributed by atoms with Gasteiger partial charge in [-0.1, -0.05) is 159 Å². The first-order valence-corrected chi connectivity index (χ1v) is 20.8. The number of allylic oxidation sites excluding steroid dienone is 2. The van der Waals surface area contributed by atoms with Crippen LogP contribution in [0.5, 0.6) is 0 Å². The van der Waals surface area contributed by atoms with Gasteiger partial charge in [-0.15, -0.1) is 0 Å². The molecule has 0 bridgehead atoms. The number of benzene rings is 8. The van der Waals surface area contributed by atoms with Crippen molar-refractivity contribution in [2.45, 2.75) is 54.9 Å². The fraction of sp³-hybridized carbons (Fsp3) is 0.138. The number of aryl methyl sites for hydroxylation is 5. The molecule has 0 saturated carbocycles. The van der Waals surface area contributed by atoms with Crippen molar-refractivity contribution in [1.29, 1.82) is 0 Å². The summed E-state index contributed by atoms with van der Waals surface area (Å²) >= 11 is 0. The lowest BCUT2D eigenvalue weighted by molar-refractivity contribution is 1.23. The molecule has 0 aliphatic heterocycles. The van der Waals surface area contributed by atoms with Crippen molar-refractivity contribution < 1.29 is 0 Å². The van der Waals surface area contributed by atoms with Crippen LogP contribution in [0.4, 0.5) is 17.1 Å². The second-order valence-corrected chi connectivity index (χ2v) is 15.5. The summed E-state index contributed by atoms with van der Waals surface area (Å²) in [4.78, 5) is 2.38. The molecule has 0 unspecified atom stereocenters. The highest BCUT2D eigenvalue weighted by Crippen LogP contribution is 2.42. The molecule has 0 saturated heterocycles. The van der Waals surface area contributed by atoms with Gasteiger partial charge in [0.2, 0.25) is 0 Å². The molecule has 0 fully saturated rings. The van der Waals surface area contributed by atoms with E-state index in [2.05, 4.69) is 218 Å². The Bertz CT molecular complexity index is 2820. The second kappa shape index (κ2) is 18.3. The van der Waals surface area contributed by atoms with Gasteiger partial charge in [-0.05, 0) is 173 Å². The number of hydrogen-bond acceptors (Lipinski definition) is 1. The standard InChI is InChI=1S/C51H47N.C7H8/c1-8-11-18-44-35(5)21-22-37(7)51(44)49-32-39(24-23-36(49)6)38-25-27-40(28-26-38)52(41-17-14-16-34(4)31-41)42-29-30-48-43(10-3)45(15-9-2)46-19-12-13-20-47(46)50(48)33-42;1-7-5-3-2-4-6-7/h9-33H,3,8H2,1-2,4-7H3;2-6H,1H3/b15-9-,18-11-;. The van der Waals surface area contributed by atoms with Gasteiger partial charge in [0.15, 0.2) is 0 Å². The molecule has 0 aliphatic carbocycles. The fourth-order valence-corrected chi connectivity index (χ4v) is 8.20. The molecule has 0 spiro atoms. The van der Waals surface area contributed by atoms with Crippen LogP contribution in [0.15, 0.2) is 170 Å². The smallest absolute Gasteiger partial charge is 0.0468 e. The molecule has 1 nitrogen and oxygen atoms in total. The molecule has 0 aromatic heterocycles. The zero-order chi connectivity index (χ0) is 41.5. The molecule has 8 rings (SSSR count). The third kappa shape index (κ3) is 8.62. The van der Waals surface area contributed by atoms with E-state index in [1.165, 1.54) is 82.7 Å². The largest absolute Gasteiger partial charge is 0.310 e. The lowest BCUT2D eigenvalue weighted by atomic mass is 9.87. The van der Waals surface area contributed by atoms with E-state index in [0.29, 0.717) is 0 Å². The van der Waals surface area contributed by atoms with Gasteiger partial charge in [0.25, 0.3) is 0 Å². The van der Waals surface area contributed by atoms with E-state index in [1.807, 2.05) is 24.3 Å². The predicted molar refractivity (Wildman–Crippen MR) is 261 cm³/mol. The summed E-state index contributed by atoms with van der Waals surface area (Å²) in [5.41, 5.74) is 18.5. The maximum absolute atomic E-state index is 4.23. The summed E-state index contributed by atoms with van der Waals surface area (Å²) in [5, 5.41) is 4.90. The first kappa shape index (κ1) is 40.5. The van der Waals surface area contributed by atoms with Gasteiger partial charge in [-0.2, -0.15) is 0 Å². The van der Waals surface area contributed by atoms with Gasteiger partial charge in [-0.3, -0.25) is 0 Å². The van der Waals surface area contributed by atoms with Crippen molar-refractivity contribution >= 4 is 56.8 Å². The SMILES string of the molecule is C=Cc1c(/C=C\C)c2ccccc2c2cc(N(c3ccc(-c4ccc(C)c(-c5c(C)ccc(C)c5/C=C\CC)c4)cc3)c3cccc(C)c3)ccc12.Cc1ccccc1. The van der Waals surface area contributed by atoms with Crippen molar-refractivity contribution in [2.24, 2.45) is 0 Å². The number of nitrogens with zero attached hydrogens (tertiary/aromatic N) is 1. The molecule has 8 aromatic rings. The molecule has 0 N–H and O–H groups in total. The average Bonchev–Trinajstić information content (AvgIpc) is 3.25. The molecule has 0 aliphatic rings. The number of hydrogen-bond donors (Lipinski definition) is 0. The van der Waals surface area contributed by atoms with Crippen molar-refractivity contribution in [2.75, 3.05) is 4.90 Å². The minimum atomic E-state index is 1.01. The minimum absolute atomic E-state index is 1.01. The van der Waals surface area contributed by atoms with Gasteiger partial charge < -0.3 is 4.90 Å². The van der Waals surface area contributed by atoms with E-state index < -0.39 is 0 Å². The number of anilines is 3. The summed E-state index contributed by atoms with van der Waals surface area (Å²) in [6, 6.07) is 55.1. The maximum atomic E-state index is 4.23. The normalized spacial score (nSPS) is 11.3. The average molecular weight is 766 g/mol. The first-order valence-electron chi connectivity index (χ1n) is 20.8. The Morgan fingerprint density at radius 2 is 1.10 bits per heavy atom. The minimum Gasteiger partial charge on any atom is -0.310 e. The fourth-order valence-electron chi connectivity index (χ4n) is 8.20. The molecule has 0 heterocycles. The molecule has 0 atom stereocenters. The molecular weight excluding hydrogens is 711 g/mol. The van der Waals surface area contributed by atoms with E-state index in [0.717, 1.165) is 29.0 Å².